The third kappa shape index (κ3) is 4.28. The van der Waals surface area contributed by atoms with Crippen LogP contribution in [0.3, 0.4) is 0 Å². The monoisotopic (exact) mass is 268 g/mol. The highest BCUT2D eigenvalue weighted by Gasteiger charge is 2.20. The summed E-state index contributed by atoms with van der Waals surface area (Å²) in [5.41, 5.74) is 4.08. The number of hydrogen-bond acceptors (Lipinski definition) is 4. The standard InChI is InChI=1S/C14H24N2OS/c1-14(2,17-3)10-9-12(16-15)11-7-5-6-8-13(11)18-4/h5-8,12,16H,9-10,15H2,1-4H3. The number of methoxy groups -OCH3 is 1. The summed E-state index contributed by atoms with van der Waals surface area (Å²) in [6.45, 7) is 4.20. The average Bonchev–Trinajstić information content (AvgIpc) is 2.40. The van der Waals surface area contributed by atoms with Gasteiger partial charge < -0.3 is 4.74 Å². The van der Waals surface area contributed by atoms with Crippen molar-refractivity contribution in [1.29, 1.82) is 0 Å². The molecule has 1 atom stereocenters. The zero-order valence-electron chi connectivity index (χ0n) is 11.7. The lowest BCUT2D eigenvalue weighted by atomic mass is 9.95. The second kappa shape index (κ2) is 7.14. The zero-order valence-corrected chi connectivity index (χ0v) is 12.5. The molecule has 1 rings (SSSR count). The van der Waals surface area contributed by atoms with E-state index >= 15 is 0 Å². The maximum atomic E-state index is 5.70. The Morgan fingerprint density at radius 1 is 1.39 bits per heavy atom. The maximum absolute atomic E-state index is 5.70. The molecule has 102 valence electrons. The summed E-state index contributed by atoms with van der Waals surface area (Å²) in [7, 11) is 1.75. The van der Waals surface area contributed by atoms with E-state index in [0.29, 0.717) is 0 Å². The van der Waals surface area contributed by atoms with E-state index in [4.69, 9.17) is 10.6 Å². The molecule has 0 radical (unpaired) electrons. The molecule has 0 aliphatic carbocycles. The summed E-state index contributed by atoms with van der Waals surface area (Å²) in [6.07, 6.45) is 4.00. The highest BCUT2D eigenvalue weighted by molar-refractivity contribution is 7.98. The van der Waals surface area contributed by atoms with Crippen LogP contribution in [0.25, 0.3) is 0 Å². The number of nitrogens with two attached hydrogens (primary N) is 1. The van der Waals surface area contributed by atoms with Gasteiger partial charge in [-0.25, -0.2) is 0 Å². The summed E-state index contributed by atoms with van der Waals surface area (Å²) < 4.78 is 5.45. The van der Waals surface area contributed by atoms with Gasteiger partial charge in [0.2, 0.25) is 0 Å². The first-order valence-corrected chi connectivity index (χ1v) is 7.40. The van der Waals surface area contributed by atoms with E-state index in [1.165, 1.54) is 10.5 Å². The molecule has 1 unspecified atom stereocenters. The first kappa shape index (κ1) is 15.5. The molecule has 0 heterocycles. The van der Waals surface area contributed by atoms with Crippen LogP contribution >= 0.6 is 11.8 Å². The molecule has 4 heteroatoms. The Morgan fingerprint density at radius 2 is 2.06 bits per heavy atom. The van der Waals surface area contributed by atoms with Crippen LogP contribution in [0.4, 0.5) is 0 Å². The number of hydrogen-bond donors (Lipinski definition) is 2. The Hall–Kier alpha value is -0.550. The minimum atomic E-state index is -0.108. The first-order valence-electron chi connectivity index (χ1n) is 6.18. The van der Waals surface area contributed by atoms with Crippen molar-refractivity contribution in [3.05, 3.63) is 29.8 Å². The van der Waals surface area contributed by atoms with Gasteiger partial charge in [-0.3, -0.25) is 11.3 Å². The quantitative estimate of drug-likeness (QED) is 0.453. The van der Waals surface area contributed by atoms with Crippen LogP contribution in [0, 0.1) is 0 Å². The fourth-order valence-corrected chi connectivity index (χ4v) is 2.54. The van der Waals surface area contributed by atoms with Gasteiger partial charge in [-0.05, 0) is 44.6 Å². The molecule has 0 aliphatic heterocycles. The van der Waals surface area contributed by atoms with Crippen LogP contribution in [0.15, 0.2) is 29.2 Å². The van der Waals surface area contributed by atoms with Crippen LogP contribution in [0.2, 0.25) is 0 Å². The van der Waals surface area contributed by atoms with Crippen molar-refractivity contribution >= 4 is 11.8 Å². The van der Waals surface area contributed by atoms with Crippen LogP contribution in [0.1, 0.15) is 38.3 Å². The number of benzene rings is 1. The molecule has 0 fully saturated rings. The highest BCUT2D eigenvalue weighted by atomic mass is 32.2. The molecule has 0 amide bonds. The Labute approximate surface area is 114 Å². The molecule has 1 aromatic rings. The molecule has 3 N–H and O–H groups in total. The van der Waals surface area contributed by atoms with Crippen molar-refractivity contribution < 1.29 is 4.74 Å². The van der Waals surface area contributed by atoms with Crippen molar-refractivity contribution in [3.8, 4) is 0 Å². The van der Waals surface area contributed by atoms with Crippen molar-refractivity contribution in [3.63, 3.8) is 0 Å². The lowest BCUT2D eigenvalue weighted by molar-refractivity contribution is 0.0116. The van der Waals surface area contributed by atoms with Gasteiger partial charge in [0.1, 0.15) is 0 Å². The van der Waals surface area contributed by atoms with Gasteiger partial charge in [-0.1, -0.05) is 18.2 Å². The van der Waals surface area contributed by atoms with Gasteiger partial charge in [-0.2, -0.15) is 0 Å². The normalized spacial score (nSPS) is 13.6. The summed E-state index contributed by atoms with van der Waals surface area (Å²) >= 11 is 1.75. The van der Waals surface area contributed by atoms with Crippen LogP contribution < -0.4 is 11.3 Å². The fourth-order valence-electron chi connectivity index (χ4n) is 1.88. The SMILES string of the molecule is COC(C)(C)CCC(NN)c1ccccc1SC. The van der Waals surface area contributed by atoms with E-state index in [2.05, 4.69) is 49.8 Å². The lowest BCUT2D eigenvalue weighted by Crippen LogP contribution is -2.31. The molecular weight excluding hydrogens is 244 g/mol. The molecule has 0 saturated carbocycles. The van der Waals surface area contributed by atoms with Crippen molar-refractivity contribution in [2.45, 2.75) is 43.2 Å². The molecule has 0 saturated heterocycles. The molecule has 1 aromatic carbocycles. The Kier molecular flexibility index (Phi) is 6.15. The van der Waals surface area contributed by atoms with Gasteiger partial charge >= 0.3 is 0 Å². The van der Waals surface area contributed by atoms with Gasteiger partial charge in [0.15, 0.2) is 0 Å². The summed E-state index contributed by atoms with van der Waals surface area (Å²) in [5, 5.41) is 0. The Balaban J connectivity index is 2.77. The van der Waals surface area contributed by atoms with Gasteiger partial charge in [0.25, 0.3) is 0 Å². The van der Waals surface area contributed by atoms with Crippen LogP contribution in [-0.4, -0.2) is 19.0 Å². The molecule has 0 spiro atoms. The second-order valence-electron chi connectivity index (χ2n) is 4.96. The smallest absolute Gasteiger partial charge is 0.0623 e. The summed E-state index contributed by atoms with van der Waals surface area (Å²) in [5.74, 6) is 5.70. The average molecular weight is 268 g/mol. The molecular formula is C14H24N2OS. The van der Waals surface area contributed by atoms with Crippen LogP contribution in [0.5, 0.6) is 0 Å². The minimum absolute atomic E-state index is 0.108. The van der Waals surface area contributed by atoms with E-state index in [1.807, 2.05) is 0 Å². The number of thioether (sulfide) groups is 1. The molecule has 0 aliphatic rings. The Morgan fingerprint density at radius 3 is 2.61 bits per heavy atom. The predicted octanol–water partition coefficient (Wildman–Crippen LogP) is 3.12. The van der Waals surface area contributed by atoms with Crippen molar-refractivity contribution in [1.82, 2.24) is 5.43 Å². The summed E-state index contributed by atoms with van der Waals surface area (Å²) in [6, 6.07) is 8.55. The minimum Gasteiger partial charge on any atom is -0.379 e. The van der Waals surface area contributed by atoms with E-state index in [-0.39, 0.29) is 11.6 Å². The van der Waals surface area contributed by atoms with Crippen molar-refractivity contribution in [2.75, 3.05) is 13.4 Å². The topological polar surface area (TPSA) is 47.3 Å². The predicted molar refractivity (Wildman–Crippen MR) is 78.6 cm³/mol. The van der Waals surface area contributed by atoms with Gasteiger partial charge in [-0.15, -0.1) is 11.8 Å². The molecule has 3 nitrogen and oxygen atoms in total. The Bertz CT molecular complexity index is 369. The summed E-state index contributed by atoms with van der Waals surface area (Å²) in [4.78, 5) is 1.27. The van der Waals surface area contributed by atoms with E-state index in [0.717, 1.165) is 12.8 Å². The number of rotatable bonds is 7. The lowest BCUT2D eigenvalue weighted by Gasteiger charge is -2.26. The first-order chi connectivity index (χ1) is 8.54. The van der Waals surface area contributed by atoms with E-state index in [9.17, 15) is 0 Å². The van der Waals surface area contributed by atoms with E-state index < -0.39 is 0 Å². The number of hydrazine groups is 1. The van der Waals surface area contributed by atoms with Gasteiger partial charge in [0.05, 0.1) is 5.60 Å². The molecule has 0 aromatic heterocycles. The van der Waals surface area contributed by atoms with Crippen LogP contribution in [-0.2, 0) is 4.74 Å². The maximum Gasteiger partial charge on any atom is 0.0623 e. The zero-order chi connectivity index (χ0) is 13.6. The second-order valence-corrected chi connectivity index (χ2v) is 5.81. The van der Waals surface area contributed by atoms with Crippen molar-refractivity contribution in [2.24, 2.45) is 5.84 Å². The third-order valence-electron chi connectivity index (χ3n) is 3.30. The highest BCUT2D eigenvalue weighted by Crippen LogP contribution is 2.30. The largest absolute Gasteiger partial charge is 0.379 e. The van der Waals surface area contributed by atoms with E-state index in [1.54, 1.807) is 18.9 Å². The number of ether oxygens (including phenoxy) is 1. The molecule has 0 bridgehead atoms. The molecule has 18 heavy (non-hydrogen) atoms. The fraction of sp³-hybridized carbons (Fsp3) is 0.571. The van der Waals surface area contributed by atoms with Gasteiger partial charge in [0, 0.05) is 18.0 Å². The third-order valence-corrected chi connectivity index (χ3v) is 4.11. The number of nitrogens with one attached hydrogen (secondary N) is 1.